The third-order valence-electron chi connectivity index (χ3n) is 2.53. The van der Waals surface area contributed by atoms with E-state index < -0.39 is 0 Å². The van der Waals surface area contributed by atoms with E-state index in [-0.39, 0.29) is 0 Å². The molecule has 1 aromatic carbocycles. The summed E-state index contributed by atoms with van der Waals surface area (Å²) in [6.45, 7) is 3.77. The molecule has 0 aliphatic carbocycles. The zero-order chi connectivity index (χ0) is 12.8. The Balaban J connectivity index is 2.71. The van der Waals surface area contributed by atoms with Gasteiger partial charge in [0.25, 0.3) is 0 Å². The molecular formula is C13H21ClN2O. The van der Waals surface area contributed by atoms with Crippen LogP contribution in [0.1, 0.15) is 6.92 Å². The van der Waals surface area contributed by atoms with Crippen molar-refractivity contribution in [2.24, 2.45) is 5.92 Å². The van der Waals surface area contributed by atoms with Crippen LogP contribution in [0.3, 0.4) is 0 Å². The zero-order valence-corrected chi connectivity index (χ0v) is 11.7. The van der Waals surface area contributed by atoms with Crippen LogP contribution in [0.4, 0.5) is 11.4 Å². The Morgan fingerprint density at radius 2 is 2.12 bits per heavy atom. The van der Waals surface area contributed by atoms with Crippen molar-refractivity contribution in [3.63, 3.8) is 0 Å². The highest BCUT2D eigenvalue weighted by Gasteiger charge is 2.07. The number of anilines is 2. The average Bonchev–Trinajstić information content (AvgIpc) is 2.26. The summed E-state index contributed by atoms with van der Waals surface area (Å²) in [5.74, 6) is 0.467. The lowest BCUT2D eigenvalue weighted by Gasteiger charge is -2.20. The van der Waals surface area contributed by atoms with Gasteiger partial charge in [0.2, 0.25) is 0 Å². The molecule has 0 spiro atoms. The van der Waals surface area contributed by atoms with Gasteiger partial charge in [-0.05, 0) is 24.1 Å². The first kappa shape index (κ1) is 14.1. The molecule has 1 rings (SSSR count). The van der Waals surface area contributed by atoms with Crippen LogP contribution in [0.2, 0.25) is 5.02 Å². The molecule has 0 fully saturated rings. The van der Waals surface area contributed by atoms with E-state index in [0.29, 0.717) is 5.92 Å². The van der Waals surface area contributed by atoms with Gasteiger partial charge in [0.15, 0.2) is 0 Å². The summed E-state index contributed by atoms with van der Waals surface area (Å²) in [5, 5.41) is 4.16. The van der Waals surface area contributed by atoms with Crippen molar-refractivity contribution in [1.82, 2.24) is 0 Å². The van der Waals surface area contributed by atoms with Crippen molar-refractivity contribution in [2.75, 3.05) is 44.6 Å². The van der Waals surface area contributed by atoms with Crippen LogP contribution < -0.4 is 10.2 Å². The van der Waals surface area contributed by atoms with Crippen LogP contribution in [0.25, 0.3) is 0 Å². The minimum Gasteiger partial charge on any atom is -0.384 e. The fourth-order valence-corrected chi connectivity index (χ4v) is 1.84. The lowest BCUT2D eigenvalue weighted by Crippen LogP contribution is -2.18. The Bertz CT molecular complexity index is 355. The van der Waals surface area contributed by atoms with Crippen molar-refractivity contribution in [3.8, 4) is 0 Å². The van der Waals surface area contributed by atoms with Gasteiger partial charge in [0, 0.05) is 32.8 Å². The second-order valence-electron chi connectivity index (χ2n) is 4.50. The maximum atomic E-state index is 6.01. The highest BCUT2D eigenvalue weighted by Crippen LogP contribution is 2.27. The van der Waals surface area contributed by atoms with Gasteiger partial charge in [-0.15, -0.1) is 0 Å². The van der Waals surface area contributed by atoms with Crippen LogP contribution in [0.15, 0.2) is 18.2 Å². The van der Waals surface area contributed by atoms with Gasteiger partial charge in [-0.2, -0.15) is 0 Å². The quantitative estimate of drug-likeness (QED) is 0.847. The number of hydrogen-bond acceptors (Lipinski definition) is 3. The highest BCUT2D eigenvalue weighted by atomic mass is 35.5. The largest absolute Gasteiger partial charge is 0.384 e. The molecule has 0 saturated heterocycles. The summed E-state index contributed by atoms with van der Waals surface area (Å²) in [4.78, 5) is 2.07. The minimum absolute atomic E-state index is 0.467. The lowest BCUT2D eigenvalue weighted by molar-refractivity contribution is 0.164. The first-order valence-corrected chi connectivity index (χ1v) is 6.12. The van der Waals surface area contributed by atoms with Crippen LogP contribution in [0, 0.1) is 5.92 Å². The standard InChI is InChI=1S/C13H21ClN2O/c1-10(9-17-4)8-15-12-7-11(14)5-6-13(12)16(2)3/h5-7,10,15H,8-9H2,1-4H3. The molecule has 0 aromatic heterocycles. The van der Waals surface area contributed by atoms with Gasteiger partial charge in [-0.1, -0.05) is 18.5 Å². The molecule has 1 atom stereocenters. The van der Waals surface area contributed by atoms with Crippen molar-refractivity contribution < 1.29 is 4.74 Å². The lowest BCUT2D eigenvalue weighted by atomic mass is 10.2. The molecule has 96 valence electrons. The smallest absolute Gasteiger partial charge is 0.0597 e. The molecule has 0 bridgehead atoms. The third kappa shape index (κ3) is 4.44. The molecule has 1 unspecified atom stereocenters. The van der Waals surface area contributed by atoms with E-state index in [4.69, 9.17) is 16.3 Å². The molecule has 3 nitrogen and oxygen atoms in total. The second kappa shape index (κ2) is 6.72. The number of ether oxygens (including phenoxy) is 1. The molecule has 0 aliphatic heterocycles. The highest BCUT2D eigenvalue weighted by molar-refractivity contribution is 6.31. The molecule has 0 saturated carbocycles. The fraction of sp³-hybridized carbons (Fsp3) is 0.538. The number of methoxy groups -OCH3 is 1. The molecule has 17 heavy (non-hydrogen) atoms. The molecular weight excluding hydrogens is 236 g/mol. The van der Waals surface area contributed by atoms with Gasteiger partial charge < -0.3 is 15.0 Å². The summed E-state index contributed by atoms with van der Waals surface area (Å²) >= 11 is 6.01. The van der Waals surface area contributed by atoms with E-state index in [0.717, 1.165) is 29.5 Å². The summed E-state index contributed by atoms with van der Waals surface area (Å²) < 4.78 is 5.12. The first-order chi connectivity index (χ1) is 8.04. The number of nitrogens with zero attached hydrogens (tertiary/aromatic N) is 1. The van der Waals surface area contributed by atoms with Gasteiger partial charge in [0.1, 0.15) is 0 Å². The Labute approximate surface area is 109 Å². The van der Waals surface area contributed by atoms with Crippen molar-refractivity contribution in [3.05, 3.63) is 23.2 Å². The molecule has 0 heterocycles. The number of halogens is 1. The number of rotatable bonds is 6. The molecule has 4 heteroatoms. The van der Waals surface area contributed by atoms with Gasteiger partial charge in [0.05, 0.1) is 18.0 Å². The van der Waals surface area contributed by atoms with Crippen LogP contribution in [-0.4, -0.2) is 34.4 Å². The normalized spacial score (nSPS) is 12.3. The Morgan fingerprint density at radius 3 is 2.71 bits per heavy atom. The topological polar surface area (TPSA) is 24.5 Å². The maximum absolute atomic E-state index is 6.01. The maximum Gasteiger partial charge on any atom is 0.0597 e. The minimum atomic E-state index is 0.467. The van der Waals surface area contributed by atoms with E-state index in [1.54, 1.807) is 7.11 Å². The SMILES string of the molecule is COCC(C)CNc1cc(Cl)ccc1N(C)C. The number of hydrogen-bond donors (Lipinski definition) is 1. The van der Waals surface area contributed by atoms with E-state index in [1.807, 2.05) is 32.3 Å². The zero-order valence-electron chi connectivity index (χ0n) is 11.0. The second-order valence-corrected chi connectivity index (χ2v) is 4.93. The summed E-state index contributed by atoms with van der Waals surface area (Å²) in [7, 11) is 5.77. The van der Waals surface area contributed by atoms with Gasteiger partial charge >= 0.3 is 0 Å². The Morgan fingerprint density at radius 1 is 1.41 bits per heavy atom. The average molecular weight is 257 g/mol. The molecule has 0 aliphatic rings. The fourth-order valence-electron chi connectivity index (χ4n) is 1.67. The predicted molar refractivity (Wildman–Crippen MR) is 75.3 cm³/mol. The van der Waals surface area contributed by atoms with Crippen LogP contribution in [0.5, 0.6) is 0 Å². The van der Waals surface area contributed by atoms with E-state index in [2.05, 4.69) is 17.1 Å². The monoisotopic (exact) mass is 256 g/mol. The third-order valence-corrected chi connectivity index (χ3v) is 2.77. The molecule has 1 N–H and O–H groups in total. The van der Waals surface area contributed by atoms with E-state index in [1.165, 1.54) is 0 Å². The van der Waals surface area contributed by atoms with Gasteiger partial charge in [-0.25, -0.2) is 0 Å². The molecule has 0 amide bonds. The van der Waals surface area contributed by atoms with E-state index in [9.17, 15) is 0 Å². The van der Waals surface area contributed by atoms with Crippen molar-refractivity contribution in [1.29, 1.82) is 0 Å². The molecule has 1 aromatic rings. The molecule has 0 radical (unpaired) electrons. The van der Waals surface area contributed by atoms with Gasteiger partial charge in [-0.3, -0.25) is 0 Å². The Kier molecular flexibility index (Phi) is 5.59. The van der Waals surface area contributed by atoms with Crippen molar-refractivity contribution >= 4 is 23.0 Å². The van der Waals surface area contributed by atoms with Crippen LogP contribution in [-0.2, 0) is 4.74 Å². The number of nitrogens with one attached hydrogen (secondary N) is 1. The van der Waals surface area contributed by atoms with Crippen LogP contribution >= 0.6 is 11.6 Å². The summed E-state index contributed by atoms with van der Waals surface area (Å²) in [6, 6.07) is 5.88. The van der Waals surface area contributed by atoms with Crippen molar-refractivity contribution in [2.45, 2.75) is 6.92 Å². The summed E-state index contributed by atoms with van der Waals surface area (Å²) in [6.07, 6.45) is 0. The number of benzene rings is 1. The van der Waals surface area contributed by atoms with E-state index >= 15 is 0 Å². The summed E-state index contributed by atoms with van der Waals surface area (Å²) in [5.41, 5.74) is 2.20. The predicted octanol–water partition coefficient (Wildman–Crippen LogP) is 3.10. The Hall–Kier alpha value is -0.930. The first-order valence-electron chi connectivity index (χ1n) is 5.74.